The lowest BCUT2D eigenvalue weighted by molar-refractivity contribution is -0.147. The number of hydrogen-bond acceptors (Lipinski definition) is 5. The molecule has 0 unspecified atom stereocenters. The molecule has 34 heavy (non-hydrogen) atoms. The molecule has 188 valence electrons. The maximum absolute atomic E-state index is 13.6. The first kappa shape index (κ1) is 26.6. The van der Waals surface area contributed by atoms with Crippen molar-refractivity contribution >= 4 is 26.1 Å². The van der Waals surface area contributed by atoms with Crippen molar-refractivity contribution in [3.63, 3.8) is 0 Å². The molecule has 1 aliphatic carbocycles. The molecule has 1 heterocycles. The molecular weight excluding hydrogens is 446 g/mol. The molecule has 0 spiro atoms. The molecule has 2 fully saturated rings. The van der Waals surface area contributed by atoms with Gasteiger partial charge in [-0.05, 0) is 49.9 Å². The lowest BCUT2D eigenvalue weighted by atomic mass is 9.61. The summed E-state index contributed by atoms with van der Waals surface area (Å²) in [5.41, 5.74) is 0.230. The molecule has 2 amide bonds. The lowest BCUT2D eigenvalue weighted by Crippen LogP contribution is -2.56. The molecule has 1 aliphatic heterocycles. The summed E-state index contributed by atoms with van der Waals surface area (Å²) >= 11 is 0. The minimum absolute atomic E-state index is 0.0168. The van der Waals surface area contributed by atoms with E-state index in [1.807, 2.05) is 44.2 Å². The van der Waals surface area contributed by atoms with Gasteiger partial charge in [0.05, 0.1) is 24.0 Å². The lowest BCUT2D eigenvalue weighted by Gasteiger charge is -2.50. The standard InChI is InChI=1S/C27H41NO5Si/c1-8-13-21(29)27(16-12-17-27)22(33-34(6,7)26(3,4)5)18-23(30)28-19(2)24(32-25(28)31)20-14-10-9-11-15-20/h9-11,14-15,19,22,24H,8,12-13,16-18H2,1-7H3/t19-,22-,24-/m1/s1. The van der Waals surface area contributed by atoms with Crippen molar-refractivity contribution in [1.29, 1.82) is 0 Å². The number of cyclic esters (lactones) is 1. The highest BCUT2D eigenvalue weighted by Crippen LogP contribution is 2.51. The van der Waals surface area contributed by atoms with E-state index in [4.69, 9.17) is 9.16 Å². The van der Waals surface area contributed by atoms with Crippen LogP contribution in [0.4, 0.5) is 4.79 Å². The third-order valence-electron chi connectivity index (χ3n) is 8.16. The zero-order valence-electron chi connectivity index (χ0n) is 21.8. The van der Waals surface area contributed by atoms with Gasteiger partial charge in [0, 0.05) is 6.42 Å². The van der Waals surface area contributed by atoms with Gasteiger partial charge in [-0.1, -0.05) is 64.4 Å². The zero-order chi connectivity index (χ0) is 25.3. The minimum Gasteiger partial charge on any atom is -0.439 e. The summed E-state index contributed by atoms with van der Waals surface area (Å²) in [6.07, 6.45) is 2.07. The van der Waals surface area contributed by atoms with Crippen LogP contribution in [0.5, 0.6) is 0 Å². The summed E-state index contributed by atoms with van der Waals surface area (Å²) in [5, 5.41) is -0.0642. The maximum atomic E-state index is 13.6. The van der Waals surface area contributed by atoms with Gasteiger partial charge in [0.15, 0.2) is 8.32 Å². The number of imide groups is 1. The molecule has 0 bridgehead atoms. The summed E-state index contributed by atoms with van der Waals surface area (Å²) in [6.45, 7) is 14.6. The van der Waals surface area contributed by atoms with E-state index in [9.17, 15) is 14.4 Å². The number of ether oxygens (including phenoxy) is 1. The quantitative estimate of drug-likeness (QED) is 0.376. The molecule has 1 aromatic carbocycles. The highest BCUT2D eigenvalue weighted by Gasteiger charge is 2.54. The molecule has 6 nitrogen and oxygen atoms in total. The first-order chi connectivity index (χ1) is 15.8. The Morgan fingerprint density at radius 1 is 1.21 bits per heavy atom. The van der Waals surface area contributed by atoms with E-state index in [0.717, 1.165) is 31.2 Å². The molecule has 1 aromatic rings. The summed E-state index contributed by atoms with van der Waals surface area (Å²) in [6, 6.07) is 9.06. The number of nitrogens with zero attached hydrogens (tertiary/aromatic N) is 1. The Morgan fingerprint density at radius 3 is 2.32 bits per heavy atom. The fourth-order valence-electron chi connectivity index (χ4n) is 4.84. The maximum Gasteiger partial charge on any atom is 0.417 e. The highest BCUT2D eigenvalue weighted by atomic mass is 28.4. The first-order valence-electron chi connectivity index (χ1n) is 12.6. The Balaban J connectivity index is 1.88. The number of carbonyl (C=O) groups excluding carboxylic acids is 3. The smallest absolute Gasteiger partial charge is 0.417 e. The van der Waals surface area contributed by atoms with Gasteiger partial charge in [-0.25, -0.2) is 9.69 Å². The van der Waals surface area contributed by atoms with E-state index in [1.165, 1.54) is 4.90 Å². The number of carbonyl (C=O) groups is 3. The van der Waals surface area contributed by atoms with Gasteiger partial charge in [0.25, 0.3) is 0 Å². The van der Waals surface area contributed by atoms with E-state index in [-0.39, 0.29) is 23.1 Å². The topological polar surface area (TPSA) is 72.9 Å². The molecule has 1 saturated carbocycles. The Morgan fingerprint density at radius 2 is 1.82 bits per heavy atom. The van der Waals surface area contributed by atoms with Crippen molar-refractivity contribution < 1.29 is 23.5 Å². The Labute approximate surface area is 205 Å². The SMILES string of the molecule is CCCC(=O)C1([C@@H](CC(=O)N2C(=O)O[C@@H](c3ccccc3)[C@H]2C)O[Si](C)(C)C(C)(C)C)CCC1. The summed E-state index contributed by atoms with van der Waals surface area (Å²) in [5.74, 6) is -0.132. The van der Waals surface area contributed by atoms with Crippen LogP contribution < -0.4 is 0 Å². The number of ketones is 1. The second kappa shape index (κ2) is 9.94. The van der Waals surface area contributed by atoms with Crippen LogP contribution in [-0.2, 0) is 18.8 Å². The van der Waals surface area contributed by atoms with Crippen LogP contribution in [0.15, 0.2) is 30.3 Å². The van der Waals surface area contributed by atoms with E-state index >= 15 is 0 Å². The third kappa shape index (κ3) is 5.01. The Hall–Kier alpha value is -1.99. The second-order valence-electron chi connectivity index (χ2n) is 11.5. The molecule has 2 aliphatic rings. The van der Waals surface area contributed by atoms with Gasteiger partial charge >= 0.3 is 6.09 Å². The molecule has 7 heteroatoms. The average Bonchev–Trinajstić information content (AvgIpc) is 3.01. The number of amides is 2. The van der Waals surface area contributed by atoms with Gasteiger partial charge in [-0.2, -0.15) is 0 Å². The van der Waals surface area contributed by atoms with E-state index < -0.39 is 38.1 Å². The number of benzene rings is 1. The molecular formula is C27H41NO5Si. The van der Waals surface area contributed by atoms with Crippen LogP contribution in [0, 0.1) is 5.41 Å². The van der Waals surface area contributed by atoms with Crippen molar-refractivity contribution in [2.45, 2.75) is 110 Å². The molecule has 3 rings (SSSR count). The van der Waals surface area contributed by atoms with Crippen molar-refractivity contribution in [3.8, 4) is 0 Å². The van der Waals surface area contributed by atoms with Gasteiger partial charge in [-0.3, -0.25) is 9.59 Å². The largest absolute Gasteiger partial charge is 0.439 e. The summed E-state index contributed by atoms with van der Waals surface area (Å²) < 4.78 is 12.4. The predicted molar refractivity (Wildman–Crippen MR) is 135 cm³/mol. The van der Waals surface area contributed by atoms with Crippen LogP contribution >= 0.6 is 0 Å². The number of hydrogen-bond donors (Lipinski definition) is 0. The molecule has 3 atom stereocenters. The van der Waals surface area contributed by atoms with Crippen LogP contribution in [0.3, 0.4) is 0 Å². The Kier molecular flexibility index (Phi) is 7.78. The fraction of sp³-hybridized carbons (Fsp3) is 0.667. The second-order valence-corrected chi connectivity index (χ2v) is 16.2. The first-order valence-corrected chi connectivity index (χ1v) is 15.5. The highest BCUT2D eigenvalue weighted by molar-refractivity contribution is 6.74. The molecule has 0 radical (unpaired) electrons. The van der Waals surface area contributed by atoms with Crippen molar-refractivity contribution in [2.24, 2.45) is 5.41 Å². The van der Waals surface area contributed by atoms with Crippen LogP contribution in [0.1, 0.15) is 84.8 Å². The van der Waals surface area contributed by atoms with Crippen molar-refractivity contribution in [1.82, 2.24) is 4.90 Å². The average molecular weight is 488 g/mol. The molecule has 0 aromatic heterocycles. The van der Waals surface area contributed by atoms with Crippen molar-refractivity contribution in [3.05, 3.63) is 35.9 Å². The van der Waals surface area contributed by atoms with Gasteiger partial charge in [0.2, 0.25) is 5.91 Å². The molecule has 1 saturated heterocycles. The van der Waals surface area contributed by atoms with Crippen LogP contribution in [0.25, 0.3) is 0 Å². The van der Waals surface area contributed by atoms with Gasteiger partial charge in [-0.15, -0.1) is 0 Å². The third-order valence-corrected chi connectivity index (χ3v) is 12.7. The van der Waals surface area contributed by atoms with Gasteiger partial charge in [0.1, 0.15) is 11.9 Å². The molecule has 0 N–H and O–H groups in total. The van der Waals surface area contributed by atoms with Gasteiger partial charge < -0.3 is 9.16 Å². The normalized spacial score (nSPS) is 23.3. The van der Waals surface area contributed by atoms with Crippen LogP contribution in [-0.4, -0.2) is 43.1 Å². The predicted octanol–water partition coefficient (Wildman–Crippen LogP) is 6.42. The summed E-state index contributed by atoms with van der Waals surface area (Å²) in [7, 11) is -2.27. The minimum atomic E-state index is -2.27. The summed E-state index contributed by atoms with van der Waals surface area (Å²) in [4.78, 5) is 40.9. The number of rotatable bonds is 9. The van der Waals surface area contributed by atoms with Crippen LogP contribution in [0.2, 0.25) is 18.1 Å². The number of Topliss-reactive ketones (excluding diaryl/α,β-unsaturated/α-hetero) is 1. The van der Waals surface area contributed by atoms with E-state index in [1.54, 1.807) is 0 Å². The zero-order valence-corrected chi connectivity index (χ0v) is 22.8. The van der Waals surface area contributed by atoms with Crippen molar-refractivity contribution in [2.75, 3.05) is 0 Å². The van der Waals surface area contributed by atoms with E-state index in [0.29, 0.717) is 6.42 Å². The fourth-order valence-corrected chi connectivity index (χ4v) is 6.21. The van der Waals surface area contributed by atoms with E-state index in [2.05, 4.69) is 33.9 Å². The Bertz CT molecular complexity index is 903. The monoisotopic (exact) mass is 487 g/mol.